The van der Waals surface area contributed by atoms with Crippen molar-refractivity contribution in [2.75, 3.05) is 11.9 Å². The highest BCUT2D eigenvalue weighted by atomic mass is 16.2. The standard InChI is InChI=1S/C20H19N3O3/c1-3-18(24)22-16-12-14-6-4-5-7-17(14)23(20(16)26)15-10-8-13(9-11-15)19(25)21-2/h3-11,16H,1,12H2,2H3,(H,21,25)(H,22,24). The number of hydrogen-bond acceptors (Lipinski definition) is 3. The van der Waals surface area contributed by atoms with E-state index in [1.165, 1.54) is 0 Å². The van der Waals surface area contributed by atoms with E-state index in [2.05, 4.69) is 17.2 Å². The van der Waals surface area contributed by atoms with Gasteiger partial charge in [-0.05, 0) is 42.0 Å². The summed E-state index contributed by atoms with van der Waals surface area (Å²) in [4.78, 5) is 38.0. The molecule has 132 valence electrons. The molecule has 0 spiro atoms. The van der Waals surface area contributed by atoms with Gasteiger partial charge < -0.3 is 10.6 Å². The van der Waals surface area contributed by atoms with E-state index in [4.69, 9.17) is 0 Å². The Balaban J connectivity index is 2.00. The quantitative estimate of drug-likeness (QED) is 0.828. The molecule has 2 aromatic rings. The second kappa shape index (κ2) is 7.23. The number of para-hydroxylation sites is 1. The van der Waals surface area contributed by atoms with Crippen LogP contribution in [0.2, 0.25) is 0 Å². The molecule has 6 nitrogen and oxygen atoms in total. The monoisotopic (exact) mass is 349 g/mol. The average molecular weight is 349 g/mol. The van der Waals surface area contributed by atoms with Crippen molar-refractivity contribution in [2.45, 2.75) is 12.5 Å². The van der Waals surface area contributed by atoms with Crippen LogP contribution in [0.3, 0.4) is 0 Å². The fourth-order valence-corrected chi connectivity index (χ4v) is 3.00. The molecule has 6 heteroatoms. The third kappa shape index (κ3) is 3.21. The zero-order valence-corrected chi connectivity index (χ0v) is 14.4. The van der Waals surface area contributed by atoms with Gasteiger partial charge in [0, 0.05) is 24.7 Å². The minimum atomic E-state index is -0.672. The topological polar surface area (TPSA) is 78.5 Å². The zero-order chi connectivity index (χ0) is 18.7. The minimum absolute atomic E-state index is 0.196. The summed E-state index contributed by atoms with van der Waals surface area (Å²) in [6.07, 6.45) is 1.57. The van der Waals surface area contributed by atoms with Gasteiger partial charge in [0.25, 0.3) is 11.8 Å². The van der Waals surface area contributed by atoms with Crippen LogP contribution in [0.1, 0.15) is 15.9 Å². The molecule has 2 aromatic carbocycles. The number of carbonyl (C=O) groups excluding carboxylic acids is 3. The molecule has 0 saturated heterocycles. The van der Waals surface area contributed by atoms with E-state index in [0.717, 1.165) is 17.3 Å². The third-order valence-electron chi connectivity index (χ3n) is 4.29. The summed E-state index contributed by atoms with van der Waals surface area (Å²) in [7, 11) is 1.56. The maximum absolute atomic E-state index is 13.0. The highest BCUT2D eigenvalue weighted by Crippen LogP contribution is 2.34. The molecule has 2 N–H and O–H groups in total. The number of anilines is 2. The first kappa shape index (κ1) is 17.4. The van der Waals surface area contributed by atoms with Gasteiger partial charge in [0.15, 0.2) is 0 Å². The van der Waals surface area contributed by atoms with Crippen molar-refractivity contribution in [1.82, 2.24) is 10.6 Å². The molecule has 0 saturated carbocycles. The minimum Gasteiger partial charge on any atom is -0.355 e. The predicted octanol–water partition coefficient (Wildman–Crippen LogP) is 1.94. The van der Waals surface area contributed by atoms with Crippen LogP contribution in [0.15, 0.2) is 61.2 Å². The lowest BCUT2D eigenvalue weighted by molar-refractivity contribution is -0.125. The smallest absolute Gasteiger partial charge is 0.254 e. The molecule has 3 amide bonds. The van der Waals surface area contributed by atoms with Crippen LogP contribution in [-0.4, -0.2) is 30.8 Å². The second-order valence-electron chi connectivity index (χ2n) is 5.90. The lowest BCUT2D eigenvalue weighted by Crippen LogP contribution is -2.51. The Kier molecular flexibility index (Phi) is 4.84. The molecule has 1 heterocycles. The van der Waals surface area contributed by atoms with Gasteiger partial charge in [-0.1, -0.05) is 24.8 Å². The molecule has 26 heavy (non-hydrogen) atoms. The fraction of sp³-hybridized carbons (Fsp3) is 0.150. The molecule has 0 aliphatic carbocycles. The summed E-state index contributed by atoms with van der Waals surface area (Å²) < 4.78 is 0. The van der Waals surface area contributed by atoms with Gasteiger partial charge in [0.1, 0.15) is 6.04 Å². The van der Waals surface area contributed by atoms with Crippen LogP contribution < -0.4 is 15.5 Å². The summed E-state index contributed by atoms with van der Waals surface area (Å²) in [6.45, 7) is 3.43. The number of amides is 3. The molecule has 0 radical (unpaired) electrons. The van der Waals surface area contributed by atoms with Gasteiger partial charge in [-0.2, -0.15) is 0 Å². The number of rotatable bonds is 4. The first-order valence-corrected chi connectivity index (χ1v) is 8.22. The van der Waals surface area contributed by atoms with Gasteiger partial charge in [-0.15, -0.1) is 0 Å². The summed E-state index contributed by atoms with van der Waals surface area (Å²) in [5.74, 6) is -0.817. The van der Waals surface area contributed by atoms with Crippen molar-refractivity contribution >= 4 is 29.1 Å². The Morgan fingerprint density at radius 1 is 1.15 bits per heavy atom. The molecular weight excluding hydrogens is 330 g/mol. The van der Waals surface area contributed by atoms with Gasteiger partial charge >= 0.3 is 0 Å². The summed E-state index contributed by atoms with van der Waals surface area (Å²) in [5.41, 5.74) is 2.87. The van der Waals surface area contributed by atoms with E-state index in [1.807, 2.05) is 24.3 Å². The molecule has 1 aliphatic heterocycles. The van der Waals surface area contributed by atoms with E-state index in [1.54, 1.807) is 36.2 Å². The Labute approximate surface area is 151 Å². The maximum Gasteiger partial charge on any atom is 0.254 e. The van der Waals surface area contributed by atoms with Crippen molar-refractivity contribution < 1.29 is 14.4 Å². The lowest BCUT2D eigenvalue weighted by Gasteiger charge is -2.34. The molecule has 1 unspecified atom stereocenters. The van der Waals surface area contributed by atoms with Gasteiger partial charge in [-0.25, -0.2) is 0 Å². The second-order valence-corrected chi connectivity index (χ2v) is 5.90. The molecule has 1 atom stereocenters. The van der Waals surface area contributed by atoms with Crippen molar-refractivity contribution in [1.29, 1.82) is 0 Å². The molecule has 0 aromatic heterocycles. The lowest BCUT2D eigenvalue weighted by atomic mass is 9.96. The first-order chi connectivity index (χ1) is 12.5. The van der Waals surface area contributed by atoms with E-state index in [0.29, 0.717) is 17.7 Å². The van der Waals surface area contributed by atoms with Crippen LogP contribution in [-0.2, 0) is 16.0 Å². The van der Waals surface area contributed by atoms with Gasteiger partial charge in [0.05, 0.1) is 5.69 Å². The van der Waals surface area contributed by atoms with E-state index >= 15 is 0 Å². The first-order valence-electron chi connectivity index (χ1n) is 8.22. The number of fused-ring (bicyclic) bond motifs is 1. The maximum atomic E-state index is 13.0. The Hall–Kier alpha value is -3.41. The highest BCUT2D eigenvalue weighted by molar-refractivity contribution is 6.08. The van der Waals surface area contributed by atoms with E-state index in [9.17, 15) is 14.4 Å². The van der Waals surface area contributed by atoms with Crippen LogP contribution in [0, 0.1) is 0 Å². The Bertz CT molecular complexity index is 874. The number of nitrogens with zero attached hydrogens (tertiary/aromatic N) is 1. The Morgan fingerprint density at radius 2 is 1.85 bits per heavy atom. The highest BCUT2D eigenvalue weighted by Gasteiger charge is 2.34. The SMILES string of the molecule is C=CC(=O)NC1Cc2ccccc2N(c2ccc(C(=O)NC)cc2)C1=O. The zero-order valence-electron chi connectivity index (χ0n) is 14.4. The normalized spacial score (nSPS) is 15.8. The van der Waals surface area contributed by atoms with Crippen molar-refractivity contribution in [3.8, 4) is 0 Å². The average Bonchev–Trinajstić information content (AvgIpc) is 2.68. The summed E-state index contributed by atoms with van der Waals surface area (Å²) >= 11 is 0. The molecular formula is C20H19N3O3. The summed E-state index contributed by atoms with van der Waals surface area (Å²) in [5, 5.41) is 5.25. The molecule has 1 aliphatic rings. The van der Waals surface area contributed by atoms with Crippen LogP contribution in [0.4, 0.5) is 11.4 Å². The molecule has 0 bridgehead atoms. The van der Waals surface area contributed by atoms with Crippen molar-refractivity contribution in [3.05, 3.63) is 72.3 Å². The molecule has 0 fully saturated rings. The largest absolute Gasteiger partial charge is 0.355 e. The van der Waals surface area contributed by atoms with Gasteiger partial charge in [-0.3, -0.25) is 19.3 Å². The number of hydrogen-bond donors (Lipinski definition) is 2. The van der Waals surface area contributed by atoms with Crippen LogP contribution in [0.5, 0.6) is 0 Å². The van der Waals surface area contributed by atoms with Gasteiger partial charge in [0.2, 0.25) is 5.91 Å². The fourth-order valence-electron chi connectivity index (χ4n) is 3.00. The Morgan fingerprint density at radius 3 is 2.50 bits per heavy atom. The van der Waals surface area contributed by atoms with E-state index in [-0.39, 0.29) is 11.8 Å². The van der Waals surface area contributed by atoms with Crippen molar-refractivity contribution in [3.63, 3.8) is 0 Å². The number of carbonyl (C=O) groups is 3. The van der Waals surface area contributed by atoms with Crippen LogP contribution >= 0.6 is 0 Å². The number of benzene rings is 2. The van der Waals surface area contributed by atoms with Crippen molar-refractivity contribution in [2.24, 2.45) is 0 Å². The summed E-state index contributed by atoms with van der Waals surface area (Å²) in [6, 6.07) is 13.6. The number of nitrogens with one attached hydrogen (secondary N) is 2. The predicted molar refractivity (Wildman–Crippen MR) is 99.3 cm³/mol. The third-order valence-corrected chi connectivity index (χ3v) is 4.29. The van der Waals surface area contributed by atoms with E-state index < -0.39 is 11.9 Å². The molecule has 3 rings (SSSR count). The van der Waals surface area contributed by atoms with Crippen LogP contribution in [0.25, 0.3) is 0 Å².